The van der Waals surface area contributed by atoms with Gasteiger partial charge in [-0.3, -0.25) is 14.4 Å². The number of anilines is 1. The Morgan fingerprint density at radius 3 is 2.44 bits per heavy atom. The highest BCUT2D eigenvalue weighted by molar-refractivity contribution is 6.00. The Balaban J connectivity index is 1.59. The average molecular weight is 467 g/mol. The van der Waals surface area contributed by atoms with Crippen LogP contribution in [0.25, 0.3) is 0 Å². The smallest absolute Gasteiger partial charge is 0.235 e. The van der Waals surface area contributed by atoms with Gasteiger partial charge < -0.3 is 26.8 Å². The summed E-state index contributed by atoms with van der Waals surface area (Å²) in [4.78, 5) is 37.5. The van der Waals surface area contributed by atoms with Crippen molar-refractivity contribution in [3.05, 3.63) is 65.7 Å². The van der Waals surface area contributed by atoms with E-state index < -0.39 is 30.0 Å². The number of amides is 1. The van der Waals surface area contributed by atoms with Gasteiger partial charge in [0.2, 0.25) is 5.91 Å². The highest BCUT2D eigenvalue weighted by Gasteiger charge is 2.32. The van der Waals surface area contributed by atoms with E-state index in [1.54, 1.807) is 31.2 Å². The lowest BCUT2D eigenvalue weighted by atomic mass is 9.86. The number of nitrogens with one attached hydrogen (secondary N) is 2. The molecule has 0 spiro atoms. The van der Waals surface area contributed by atoms with E-state index in [0.717, 1.165) is 18.5 Å². The first-order chi connectivity index (χ1) is 16.4. The van der Waals surface area contributed by atoms with Crippen molar-refractivity contribution in [2.24, 2.45) is 17.4 Å². The van der Waals surface area contributed by atoms with Crippen molar-refractivity contribution in [2.75, 3.05) is 25.0 Å². The number of primary amides is 1. The van der Waals surface area contributed by atoms with E-state index in [4.69, 9.17) is 16.2 Å². The number of rotatable bonds is 12. The van der Waals surface area contributed by atoms with E-state index in [9.17, 15) is 14.4 Å². The molecule has 4 atom stereocenters. The molecule has 0 saturated carbocycles. The minimum atomic E-state index is -1.04. The summed E-state index contributed by atoms with van der Waals surface area (Å²) in [5, 5.41) is 6.31. The summed E-state index contributed by atoms with van der Waals surface area (Å²) in [6.07, 6.45) is 1.48. The maximum atomic E-state index is 13.2. The molecule has 34 heavy (non-hydrogen) atoms. The standard InChI is InChI=1S/C26H34N4O4/c1-17(30-20-12-10-19(11-13-20)25(32)22-16-29-14-15-34-22)24(31)21(23(27)26(28)33)9-5-8-18-6-3-2-4-7-18/h2-4,6-7,10-13,17,21-23,29-30H,5,8-9,14-16,27H2,1H3,(H2,28,33)/t17-,21?,22?,23-/m0/s1. The molecular formula is C26H34N4O4. The number of nitrogens with two attached hydrogens (primary N) is 2. The Morgan fingerprint density at radius 2 is 1.82 bits per heavy atom. The molecule has 0 radical (unpaired) electrons. The van der Waals surface area contributed by atoms with Gasteiger partial charge in [0, 0.05) is 30.3 Å². The van der Waals surface area contributed by atoms with Gasteiger partial charge in [-0.2, -0.15) is 0 Å². The summed E-state index contributed by atoms with van der Waals surface area (Å²) in [5.74, 6) is -1.61. The topological polar surface area (TPSA) is 137 Å². The van der Waals surface area contributed by atoms with E-state index in [0.29, 0.717) is 37.2 Å². The lowest BCUT2D eigenvalue weighted by molar-refractivity contribution is -0.129. The molecule has 8 heteroatoms. The van der Waals surface area contributed by atoms with E-state index in [2.05, 4.69) is 10.6 Å². The van der Waals surface area contributed by atoms with Crippen molar-refractivity contribution in [1.82, 2.24) is 5.32 Å². The SMILES string of the molecule is C[C@H](Nc1ccc(C(=O)C2CNCCO2)cc1)C(=O)C(CCCc1ccccc1)[C@H](N)C(N)=O. The van der Waals surface area contributed by atoms with Crippen LogP contribution in [0, 0.1) is 5.92 Å². The molecule has 6 N–H and O–H groups in total. The first-order valence-corrected chi connectivity index (χ1v) is 11.7. The number of benzene rings is 2. The number of carbonyl (C=O) groups is 3. The summed E-state index contributed by atoms with van der Waals surface area (Å²) >= 11 is 0. The van der Waals surface area contributed by atoms with Gasteiger partial charge in [-0.05, 0) is 56.0 Å². The van der Waals surface area contributed by atoms with Gasteiger partial charge >= 0.3 is 0 Å². The number of hydrogen-bond donors (Lipinski definition) is 4. The van der Waals surface area contributed by atoms with Crippen LogP contribution in [0.15, 0.2) is 54.6 Å². The molecule has 1 fully saturated rings. The van der Waals surface area contributed by atoms with Crippen LogP contribution in [0.1, 0.15) is 35.7 Å². The molecule has 1 heterocycles. The fourth-order valence-electron chi connectivity index (χ4n) is 4.16. The predicted molar refractivity (Wildman–Crippen MR) is 132 cm³/mol. The van der Waals surface area contributed by atoms with Gasteiger partial charge in [0.1, 0.15) is 6.10 Å². The second-order valence-corrected chi connectivity index (χ2v) is 8.69. The van der Waals surface area contributed by atoms with Crippen LogP contribution in [0.5, 0.6) is 0 Å². The molecule has 0 aliphatic carbocycles. The first-order valence-electron chi connectivity index (χ1n) is 11.7. The summed E-state index contributed by atoms with van der Waals surface area (Å²) in [6.45, 7) is 3.48. The fourth-order valence-corrected chi connectivity index (χ4v) is 4.16. The maximum Gasteiger partial charge on any atom is 0.235 e. The monoisotopic (exact) mass is 466 g/mol. The Kier molecular flexibility index (Phi) is 9.33. The molecule has 3 rings (SSSR count). The highest BCUT2D eigenvalue weighted by atomic mass is 16.5. The summed E-state index contributed by atoms with van der Waals surface area (Å²) < 4.78 is 5.53. The lowest BCUT2D eigenvalue weighted by Gasteiger charge is -2.25. The highest BCUT2D eigenvalue weighted by Crippen LogP contribution is 2.20. The van der Waals surface area contributed by atoms with Crippen LogP contribution in [-0.2, 0) is 20.7 Å². The van der Waals surface area contributed by atoms with E-state index in [-0.39, 0.29) is 11.6 Å². The molecule has 2 unspecified atom stereocenters. The molecule has 1 saturated heterocycles. The molecule has 2 aromatic rings. The van der Waals surface area contributed by atoms with Crippen molar-refractivity contribution in [3.63, 3.8) is 0 Å². The maximum absolute atomic E-state index is 13.2. The number of hydrogen-bond acceptors (Lipinski definition) is 7. The third kappa shape index (κ3) is 6.96. The number of morpholine rings is 1. The number of Topliss-reactive ketones (excluding diaryl/α,β-unsaturated/α-hetero) is 2. The van der Waals surface area contributed by atoms with Gasteiger partial charge in [-0.25, -0.2) is 0 Å². The Labute approximate surface area is 200 Å². The molecule has 182 valence electrons. The van der Waals surface area contributed by atoms with Crippen LogP contribution < -0.4 is 22.1 Å². The third-order valence-electron chi connectivity index (χ3n) is 6.15. The lowest BCUT2D eigenvalue weighted by Crippen LogP contribution is -2.49. The Morgan fingerprint density at radius 1 is 1.12 bits per heavy atom. The van der Waals surface area contributed by atoms with Crippen LogP contribution >= 0.6 is 0 Å². The average Bonchev–Trinajstić information content (AvgIpc) is 2.87. The molecular weight excluding hydrogens is 432 g/mol. The minimum absolute atomic E-state index is 0.0752. The van der Waals surface area contributed by atoms with Crippen LogP contribution in [-0.4, -0.2) is 55.4 Å². The van der Waals surface area contributed by atoms with Gasteiger partial charge in [-0.15, -0.1) is 0 Å². The van der Waals surface area contributed by atoms with Crippen LogP contribution in [0.2, 0.25) is 0 Å². The van der Waals surface area contributed by atoms with Crippen molar-refractivity contribution in [2.45, 2.75) is 44.4 Å². The number of ether oxygens (including phenoxy) is 1. The molecule has 1 aliphatic heterocycles. The van der Waals surface area contributed by atoms with Crippen LogP contribution in [0.3, 0.4) is 0 Å². The van der Waals surface area contributed by atoms with Crippen LogP contribution in [0.4, 0.5) is 5.69 Å². The quantitative estimate of drug-likeness (QED) is 0.349. The summed E-state index contributed by atoms with van der Waals surface area (Å²) in [7, 11) is 0. The third-order valence-corrected chi connectivity index (χ3v) is 6.15. The number of carbonyl (C=O) groups excluding carboxylic acids is 3. The number of aryl methyl sites for hydroxylation is 1. The van der Waals surface area contributed by atoms with Gasteiger partial charge in [0.05, 0.1) is 18.7 Å². The molecule has 8 nitrogen and oxygen atoms in total. The summed E-state index contributed by atoms with van der Waals surface area (Å²) in [6, 6.07) is 15.3. The zero-order valence-electron chi connectivity index (χ0n) is 19.5. The Bertz CT molecular complexity index is 959. The zero-order valence-corrected chi connectivity index (χ0v) is 19.5. The van der Waals surface area contributed by atoms with Crippen molar-refractivity contribution >= 4 is 23.2 Å². The predicted octanol–water partition coefficient (Wildman–Crippen LogP) is 1.68. The fraction of sp³-hybridized carbons (Fsp3) is 0.423. The minimum Gasteiger partial charge on any atom is -0.376 e. The van der Waals surface area contributed by atoms with Crippen molar-refractivity contribution < 1.29 is 19.1 Å². The zero-order chi connectivity index (χ0) is 24.5. The second kappa shape index (κ2) is 12.4. The van der Waals surface area contributed by atoms with Gasteiger partial charge in [0.25, 0.3) is 0 Å². The Hall–Kier alpha value is -3.07. The van der Waals surface area contributed by atoms with E-state index in [1.165, 1.54) is 0 Å². The molecule has 2 aromatic carbocycles. The first kappa shape index (κ1) is 25.6. The second-order valence-electron chi connectivity index (χ2n) is 8.69. The molecule has 1 amide bonds. The summed E-state index contributed by atoms with van der Waals surface area (Å²) in [5.41, 5.74) is 13.9. The van der Waals surface area contributed by atoms with Crippen molar-refractivity contribution in [3.8, 4) is 0 Å². The largest absolute Gasteiger partial charge is 0.376 e. The molecule has 0 bridgehead atoms. The van der Waals surface area contributed by atoms with Crippen molar-refractivity contribution in [1.29, 1.82) is 0 Å². The number of ketones is 2. The normalized spacial score (nSPS) is 18.5. The molecule has 0 aromatic heterocycles. The van der Waals surface area contributed by atoms with Gasteiger partial charge in [-0.1, -0.05) is 30.3 Å². The molecule has 1 aliphatic rings. The van der Waals surface area contributed by atoms with E-state index in [1.807, 2.05) is 30.3 Å². The van der Waals surface area contributed by atoms with E-state index >= 15 is 0 Å². The van der Waals surface area contributed by atoms with Gasteiger partial charge in [0.15, 0.2) is 11.6 Å².